The topological polar surface area (TPSA) is 82.3 Å². The summed E-state index contributed by atoms with van der Waals surface area (Å²) in [5, 5.41) is 10.9. The summed E-state index contributed by atoms with van der Waals surface area (Å²) in [6, 6.07) is 9.54. The van der Waals surface area contributed by atoms with Gasteiger partial charge in [0, 0.05) is 17.3 Å². The molecule has 1 heterocycles. The monoisotopic (exact) mass is 272 g/mol. The first-order valence-corrected chi connectivity index (χ1v) is 5.89. The second-order valence-electron chi connectivity index (χ2n) is 4.16. The minimum absolute atomic E-state index is 0.115. The molecule has 2 rings (SSSR count). The highest BCUT2D eigenvalue weighted by molar-refractivity contribution is 5.77. The molecule has 0 radical (unpaired) electrons. The highest BCUT2D eigenvalue weighted by atomic mass is 16.6. The summed E-state index contributed by atoms with van der Waals surface area (Å²) in [5.41, 5.74) is 1.52. The first-order chi connectivity index (χ1) is 9.60. The highest BCUT2D eigenvalue weighted by Gasteiger charge is 2.16. The van der Waals surface area contributed by atoms with E-state index in [9.17, 15) is 14.9 Å². The molecule has 0 saturated carbocycles. The Kier molecular flexibility index (Phi) is 4.05. The quantitative estimate of drug-likeness (QED) is 0.474. The standard InChI is InChI=1S/C14H12N2O4/c1-10-3-2-4-12(15-10)9-20-14-6-5-11(8-17)7-13(14)16(18)19/h2-8H,9H2,1H3. The fourth-order valence-corrected chi connectivity index (χ4v) is 1.70. The fraction of sp³-hybridized carbons (Fsp3) is 0.143. The van der Waals surface area contributed by atoms with E-state index in [1.54, 1.807) is 6.07 Å². The van der Waals surface area contributed by atoms with E-state index < -0.39 is 4.92 Å². The second-order valence-corrected chi connectivity index (χ2v) is 4.16. The van der Waals surface area contributed by atoms with Crippen LogP contribution in [0, 0.1) is 17.0 Å². The number of benzene rings is 1. The SMILES string of the molecule is Cc1cccc(COc2ccc(C=O)cc2[N+](=O)[O-])n1. The van der Waals surface area contributed by atoms with Crippen molar-refractivity contribution in [3.8, 4) is 5.75 Å². The number of ether oxygens (including phenoxy) is 1. The molecule has 0 saturated heterocycles. The molecule has 6 heteroatoms. The average molecular weight is 272 g/mol. The van der Waals surface area contributed by atoms with E-state index in [4.69, 9.17) is 4.74 Å². The van der Waals surface area contributed by atoms with Crippen LogP contribution in [0.1, 0.15) is 21.7 Å². The molecule has 0 aliphatic rings. The van der Waals surface area contributed by atoms with E-state index in [-0.39, 0.29) is 23.6 Å². The number of aromatic nitrogens is 1. The van der Waals surface area contributed by atoms with Crippen LogP contribution in [0.3, 0.4) is 0 Å². The number of carbonyl (C=O) groups is 1. The van der Waals surface area contributed by atoms with Crippen molar-refractivity contribution in [3.05, 3.63) is 63.5 Å². The first-order valence-electron chi connectivity index (χ1n) is 5.89. The number of carbonyl (C=O) groups excluding carboxylic acids is 1. The van der Waals surface area contributed by atoms with Gasteiger partial charge in [0.15, 0.2) is 5.75 Å². The summed E-state index contributed by atoms with van der Waals surface area (Å²) >= 11 is 0. The largest absolute Gasteiger partial charge is 0.480 e. The molecular formula is C14H12N2O4. The van der Waals surface area contributed by atoms with Crippen molar-refractivity contribution in [3.63, 3.8) is 0 Å². The fourth-order valence-electron chi connectivity index (χ4n) is 1.70. The van der Waals surface area contributed by atoms with Crippen LogP contribution in [0.2, 0.25) is 0 Å². The molecule has 0 unspecified atom stereocenters. The van der Waals surface area contributed by atoms with E-state index in [0.29, 0.717) is 12.0 Å². The third kappa shape index (κ3) is 3.17. The number of aldehydes is 1. The lowest BCUT2D eigenvalue weighted by Crippen LogP contribution is -2.02. The van der Waals surface area contributed by atoms with Crippen LogP contribution in [-0.2, 0) is 6.61 Å². The van der Waals surface area contributed by atoms with Crippen LogP contribution < -0.4 is 4.74 Å². The van der Waals surface area contributed by atoms with Crippen molar-refractivity contribution >= 4 is 12.0 Å². The Bertz CT molecular complexity index is 655. The molecule has 2 aromatic rings. The lowest BCUT2D eigenvalue weighted by molar-refractivity contribution is -0.386. The van der Waals surface area contributed by atoms with Gasteiger partial charge in [-0.15, -0.1) is 0 Å². The Morgan fingerprint density at radius 3 is 2.80 bits per heavy atom. The van der Waals surface area contributed by atoms with E-state index in [1.165, 1.54) is 18.2 Å². The summed E-state index contributed by atoms with van der Waals surface area (Å²) in [6.07, 6.45) is 0.554. The van der Waals surface area contributed by atoms with Gasteiger partial charge in [0.25, 0.3) is 0 Å². The van der Waals surface area contributed by atoms with Crippen molar-refractivity contribution < 1.29 is 14.5 Å². The molecule has 0 bridgehead atoms. The summed E-state index contributed by atoms with van der Waals surface area (Å²) in [5.74, 6) is 0.115. The lowest BCUT2D eigenvalue weighted by Gasteiger charge is -2.07. The normalized spacial score (nSPS) is 10.1. The maximum Gasteiger partial charge on any atom is 0.311 e. The molecule has 0 amide bonds. The number of rotatable bonds is 5. The molecule has 1 aromatic carbocycles. The number of nitrogens with zero attached hydrogens (tertiary/aromatic N) is 2. The first kappa shape index (κ1) is 13.7. The van der Waals surface area contributed by atoms with Gasteiger partial charge in [-0.3, -0.25) is 19.9 Å². The van der Waals surface area contributed by atoms with Crippen molar-refractivity contribution in [2.75, 3.05) is 0 Å². The number of pyridine rings is 1. The average Bonchev–Trinajstić information content (AvgIpc) is 2.45. The minimum atomic E-state index is -0.577. The molecule has 0 aliphatic carbocycles. The Morgan fingerprint density at radius 2 is 2.15 bits per heavy atom. The summed E-state index contributed by atoms with van der Waals surface area (Å²) in [4.78, 5) is 25.3. The van der Waals surface area contributed by atoms with Gasteiger partial charge < -0.3 is 4.74 Å². The number of nitro benzene ring substituents is 1. The smallest absolute Gasteiger partial charge is 0.311 e. The van der Waals surface area contributed by atoms with Crippen molar-refractivity contribution in [2.24, 2.45) is 0 Å². The summed E-state index contributed by atoms with van der Waals surface area (Å²) < 4.78 is 5.42. The van der Waals surface area contributed by atoms with Gasteiger partial charge in [0.2, 0.25) is 0 Å². The van der Waals surface area contributed by atoms with Gasteiger partial charge in [-0.05, 0) is 31.2 Å². The minimum Gasteiger partial charge on any atom is -0.480 e. The number of hydrogen-bond donors (Lipinski definition) is 0. The molecular weight excluding hydrogens is 260 g/mol. The van der Waals surface area contributed by atoms with E-state index in [2.05, 4.69) is 4.98 Å². The Balaban J connectivity index is 2.20. The third-order valence-corrected chi connectivity index (χ3v) is 2.64. The van der Waals surface area contributed by atoms with E-state index in [1.807, 2.05) is 19.1 Å². The highest BCUT2D eigenvalue weighted by Crippen LogP contribution is 2.28. The van der Waals surface area contributed by atoms with Crippen molar-refractivity contribution in [2.45, 2.75) is 13.5 Å². The predicted octanol–water partition coefficient (Wildman–Crippen LogP) is 2.69. The predicted molar refractivity (Wildman–Crippen MR) is 71.8 cm³/mol. The second kappa shape index (κ2) is 5.92. The van der Waals surface area contributed by atoms with Crippen LogP contribution >= 0.6 is 0 Å². The van der Waals surface area contributed by atoms with Gasteiger partial charge in [0.1, 0.15) is 12.9 Å². The third-order valence-electron chi connectivity index (χ3n) is 2.64. The maximum absolute atomic E-state index is 10.9. The Hall–Kier alpha value is -2.76. The van der Waals surface area contributed by atoms with Gasteiger partial charge >= 0.3 is 5.69 Å². The molecule has 0 fully saturated rings. The molecule has 0 aliphatic heterocycles. The van der Waals surface area contributed by atoms with Crippen LogP contribution in [-0.4, -0.2) is 16.2 Å². The summed E-state index contributed by atoms with van der Waals surface area (Å²) in [7, 11) is 0. The van der Waals surface area contributed by atoms with Gasteiger partial charge in [-0.1, -0.05) is 6.07 Å². The van der Waals surface area contributed by atoms with Crippen LogP contribution in [0.5, 0.6) is 5.75 Å². The van der Waals surface area contributed by atoms with Crippen LogP contribution in [0.15, 0.2) is 36.4 Å². The zero-order chi connectivity index (χ0) is 14.5. The van der Waals surface area contributed by atoms with Gasteiger partial charge in [0.05, 0.1) is 10.6 Å². The molecule has 102 valence electrons. The number of hydrogen-bond acceptors (Lipinski definition) is 5. The van der Waals surface area contributed by atoms with Crippen molar-refractivity contribution in [1.82, 2.24) is 4.98 Å². The lowest BCUT2D eigenvalue weighted by atomic mass is 10.2. The zero-order valence-electron chi connectivity index (χ0n) is 10.8. The maximum atomic E-state index is 10.9. The van der Waals surface area contributed by atoms with Gasteiger partial charge in [-0.2, -0.15) is 0 Å². The van der Waals surface area contributed by atoms with Crippen LogP contribution in [0.25, 0.3) is 0 Å². The molecule has 0 atom stereocenters. The molecule has 20 heavy (non-hydrogen) atoms. The Morgan fingerprint density at radius 1 is 1.35 bits per heavy atom. The number of aryl methyl sites for hydroxylation is 1. The summed E-state index contributed by atoms with van der Waals surface area (Å²) in [6.45, 7) is 1.98. The number of nitro groups is 1. The van der Waals surface area contributed by atoms with Crippen molar-refractivity contribution in [1.29, 1.82) is 0 Å². The van der Waals surface area contributed by atoms with E-state index in [0.717, 1.165) is 5.69 Å². The van der Waals surface area contributed by atoms with Gasteiger partial charge in [-0.25, -0.2) is 0 Å². The Labute approximate surface area is 115 Å². The van der Waals surface area contributed by atoms with E-state index >= 15 is 0 Å². The molecule has 0 N–H and O–H groups in total. The molecule has 1 aromatic heterocycles. The van der Waals surface area contributed by atoms with Crippen LogP contribution in [0.4, 0.5) is 5.69 Å². The molecule has 0 spiro atoms. The zero-order valence-corrected chi connectivity index (χ0v) is 10.8. The molecule has 6 nitrogen and oxygen atoms in total.